The largest absolute Gasteiger partial charge is 0.398 e. The van der Waals surface area contributed by atoms with Gasteiger partial charge in [0, 0.05) is 22.8 Å². The summed E-state index contributed by atoms with van der Waals surface area (Å²) in [6.45, 7) is 4.97. The zero-order chi connectivity index (χ0) is 12.6. The first-order valence-corrected chi connectivity index (χ1v) is 6.16. The first kappa shape index (κ1) is 12.2. The molecule has 1 aromatic rings. The van der Waals surface area contributed by atoms with Crippen LogP contribution in [0.3, 0.4) is 0 Å². The number of benzene rings is 1. The molecule has 2 rings (SSSR count). The molecule has 1 fully saturated rings. The van der Waals surface area contributed by atoms with Gasteiger partial charge in [-0.2, -0.15) is 0 Å². The van der Waals surface area contributed by atoms with Crippen molar-refractivity contribution in [2.75, 3.05) is 12.3 Å². The predicted octanol–water partition coefficient (Wildman–Crippen LogP) is 2.94. The van der Waals surface area contributed by atoms with E-state index in [1.165, 1.54) is 0 Å². The first-order chi connectivity index (χ1) is 7.92. The number of hydrogen-bond acceptors (Lipinski definition) is 2. The van der Waals surface area contributed by atoms with Gasteiger partial charge in [-0.05, 0) is 44.9 Å². The van der Waals surface area contributed by atoms with E-state index in [0.717, 1.165) is 19.4 Å². The van der Waals surface area contributed by atoms with E-state index in [1.807, 2.05) is 4.90 Å². The van der Waals surface area contributed by atoms with E-state index < -0.39 is 0 Å². The Morgan fingerprint density at radius 1 is 1.47 bits per heavy atom. The molecule has 1 aliphatic heterocycles. The van der Waals surface area contributed by atoms with E-state index in [4.69, 9.17) is 17.3 Å². The fourth-order valence-corrected chi connectivity index (χ4v) is 2.54. The molecule has 0 aliphatic carbocycles. The monoisotopic (exact) mass is 252 g/mol. The fourth-order valence-electron chi connectivity index (χ4n) is 2.36. The molecular formula is C13H17ClN2O. The standard InChI is InChI=1S/C13H17ClN2O/c1-13(2)6-3-7-16(13)12(17)10-5-4-9(14)8-11(10)15/h4-5,8H,3,6-7,15H2,1-2H3. The highest BCUT2D eigenvalue weighted by Crippen LogP contribution is 2.31. The molecular weight excluding hydrogens is 236 g/mol. The van der Waals surface area contributed by atoms with Crippen LogP contribution in [0.4, 0.5) is 5.69 Å². The van der Waals surface area contributed by atoms with E-state index in [0.29, 0.717) is 16.3 Å². The smallest absolute Gasteiger partial charge is 0.256 e. The van der Waals surface area contributed by atoms with Gasteiger partial charge < -0.3 is 10.6 Å². The lowest BCUT2D eigenvalue weighted by Gasteiger charge is -2.32. The molecule has 0 bridgehead atoms. The molecule has 0 radical (unpaired) electrons. The Balaban J connectivity index is 2.31. The Morgan fingerprint density at radius 2 is 2.18 bits per heavy atom. The van der Waals surface area contributed by atoms with Crippen molar-refractivity contribution in [1.29, 1.82) is 0 Å². The summed E-state index contributed by atoms with van der Waals surface area (Å²) in [4.78, 5) is 14.3. The van der Waals surface area contributed by atoms with Crippen molar-refractivity contribution in [1.82, 2.24) is 4.90 Å². The summed E-state index contributed by atoms with van der Waals surface area (Å²) in [5, 5.41) is 0.555. The molecule has 2 N–H and O–H groups in total. The van der Waals surface area contributed by atoms with Crippen LogP contribution in [0.5, 0.6) is 0 Å². The van der Waals surface area contributed by atoms with Crippen molar-refractivity contribution in [2.45, 2.75) is 32.2 Å². The van der Waals surface area contributed by atoms with Crippen LogP contribution >= 0.6 is 11.6 Å². The number of hydrogen-bond donors (Lipinski definition) is 1. The molecule has 1 heterocycles. The average Bonchev–Trinajstić information content (AvgIpc) is 2.57. The highest BCUT2D eigenvalue weighted by molar-refractivity contribution is 6.31. The molecule has 0 aromatic heterocycles. The minimum absolute atomic E-state index is 0.00154. The molecule has 0 unspecified atom stereocenters. The molecule has 92 valence electrons. The third-order valence-electron chi connectivity index (χ3n) is 3.39. The maximum Gasteiger partial charge on any atom is 0.256 e. The minimum Gasteiger partial charge on any atom is -0.398 e. The van der Waals surface area contributed by atoms with E-state index in [-0.39, 0.29) is 11.4 Å². The summed E-state index contributed by atoms with van der Waals surface area (Å²) in [6, 6.07) is 5.03. The van der Waals surface area contributed by atoms with Crippen molar-refractivity contribution in [2.24, 2.45) is 0 Å². The molecule has 1 saturated heterocycles. The Labute approximate surface area is 107 Å². The molecule has 4 heteroatoms. The van der Waals surface area contributed by atoms with Crippen molar-refractivity contribution in [3.05, 3.63) is 28.8 Å². The van der Waals surface area contributed by atoms with E-state index >= 15 is 0 Å². The summed E-state index contributed by atoms with van der Waals surface area (Å²) >= 11 is 5.83. The zero-order valence-corrected chi connectivity index (χ0v) is 10.9. The van der Waals surface area contributed by atoms with Gasteiger partial charge in [0.15, 0.2) is 0 Å². The number of carbonyl (C=O) groups is 1. The Hall–Kier alpha value is -1.22. The number of anilines is 1. The maximum atomic E-state index is 12.4. The van der Waals surface area contributed by atoms with Gasteiger partial charge in [0.2, 0.25) is 0 Å². The summed E-state index contributed by atoms with van der Waals surface area (Å²) in [5.74, 6) is 0.00154. The van der Waals surface area contributed by atoms with Crippen molar-refractivity contribution in [3.63, 3.8) is 0 Å². The summed E-state index contributed by atoms with van der Waals surface area (Å²) in [6.07, 6.45) is 2.08. The Kier molecular flexibility index (Phi) is 3.04. The van der Waals surface area contributed by atoms with Gasteiger partial charge in [0.05, 0.1) is 5.56 Å². The second-order valence-corrected chi connectivity index (χ2v) is 5.54. The summed E-state index contributed by atoms with van der Waals surface area (Å²) in [5.41, 5.74) is 6.76. The van der Waals surface area contributed by atoms with Gasteiger partial charge in [0.25, 0.3) is 5.91 Å². The quantitative estimate of drug-likeness (QED) is 0.781. The number of nitrogens with two attached hydrogens (primary N) is 1. The van der Waals surface area contributed by atoms with Crippen LogP contribution in [-0.4, -0.2) is 22.9 Å². The maximum absolute atomic E-state index is 12.4. The Bertz CT molecular complexity index is 457. The third-order valence-corrected chi connectivity index (χ3v) is 3.63. The van der Waals surface area contributed by atoms with Gasteiger partial charge in [-0.1, -0.05) is 11.6 Å². The number of halogens is 1. The molecule has 1 amide bonds. The molecule has 3 nitrogen and oxygen atoms in total. The number of nitrogen functional groups attached to an aromatic ring is 1. The van der Waals surface area contributed by atoms with Crippen LogP contribution in [0.2, 0.25) is 5.02 Å². The van der Waals surface area contributed by atoms with E-state index in [1.54, 1.807) is 18.2 Å². The average molecular weight is 253 g/mol. The fraction of sp³-hybridized carbons (Fsp3) is 0.462. The topological polar surface area (TPSA) is 46.3 Å². The number of amides is 1. The number of rotatable bonds is 1. The van der Waals surface area contributed by atoms with Crippen molar-refractivity contribution in [3.8, 4) is 0 Å². The van der Waals surface area contributed by atoms with Gasteiger partial charge in [-0.25, -0.2) is 0 Å². The summed E-state index contributed by atoms with van der Waals surface area (Å²) in [7, 11) is 0. The first-order valence-electron chi connectivity index (χ1n) is 5.79. The molecule has 0 atom stereocenters. The molecule has 17 heavy (non-hydrogen) atoms. The lowest BCUT2D eigenvalue weighted by atomic mass is 10.0. The van der Waals surface area contributed by atoms with Crippen LogP contribution < -0.4 is 5.73 Å². The minimum atomic E-state index is -0.0802. The number of nitrogens with zero attached hydrogens (tertiary/aromatic N) is 1. The molecule has 1 aromatic carbocycles. The van der Waals surface area contributed by atoms with Gasteiger partial charge >= 0.3 is 0 Å². The SMILES string of the molecule is CC1(C)CCCN1C(=O)c1ccc(Cl)cc1N. The zero-order valence-electron chi connectivity index (χ0n) is 10.2. The second kappa shape index (κ2) is 4.22. The highest BCUT2D eigenvalue weighted by Gasteiger charge is 2.36. The molecule has 0 spiro atoms. The number of carbonyl (C=O) groups excluding carboxylic acids is 1. The van der Waals surface area contributed by atoms with Crippen LogP contribution in [0.15, 0.2) is 18.2 Å². The second-order valence-electron chi connectivity index (χ2n) is 5.10. The van der Waals surface area contributed by atoms with Gasteiger partial charge in [-0.3, -0.25) is 4.79 Å². The van der Waals surface area contributed by atoms with Crippen LogP contribution in [-0.2, 0) is 0 Å². The van der Waals surface area contributed by atoms with Crippen LogP contribution in [0.1, 0.15) is 37.0 Å². The van der Waals surface area contributed by atoms with Gasteiger partial charge in [-0.15, -0.1) is 0 Å². The van der Waals surface area contributed by atoms with E-state index in [2.05, 4.69) is 13.8 Å². The Morgan fingerprint density at radius 3 is 2.71 bits per heavy atom. The van der Waals surface area contributed by atoms with Gasteiger partial charge in [0.1, 0.15) is 0 Å². The third kappa shape index (κ3) is 2.25. The normalized spacial score (nSPS) is 18.4. The highest BCUT2D eigenvalue weighted by atomic mass is 35.5. The molecule has 1 aliphatic rings. The number of likely N-dealkylation sites (tertiary alicyclic amines) is 1. The van der Waals surface area contributed by atoms with Crippen molar-refractivity contribution < 1.29 is 4.79 Å². The summed E-state index contributed by atoms with van der Waals surface area (Å²) < 4.78 is 0. The van der Waals surface area contributed by atoms with E-state index in [9.17, 15) is 4.79 Å². The van der Waals surface area contributed by atoms with Crippen molar-refractivity contribution >= 4 is 23.2 Å². The van der Waals surface area contributed by atoms with Crippen LogP contribution in [0.25, 0.3) is 0 Å². The lowest BCUT2D eigenvalue weighted by Crippen LogP contribution is -2.42. The molecule has 0 saturated carbocycles. The van der Waals surface area contributed by atoms with Crippen LogP contribution in [0, 0.1) is 0 Å². The predicted molar refractivity (Wildman–Crippen MR) is 70.2 cm³/mol. The lowest BCUT2D eigenvalue weighted by molar-refractivity contribution is 0.0653.